The Morgan fingerprint density at radius 2 is 1.67 bits per heavy atom. The number of ether oxygens (including phenoxy) is 1. The molecule has 0 spiro atoms. The summed E-state index contributed by atoms with van der Waals surface area (Å²) < 4.78 is 50.6. The van der Waals surface area contributed by atoms with Gasteiger partial charge in [-0.25, -0.2) is 0 Å². The molecule has 126 valence electrons. The Morgan fingerprint density at radius 3 is 2.29 bits per heavy atom. The molecule has 0 aliphatic carbocycles. The predicted octanol–water partition coefficient (Wildman–Crippen LogP) is 4.40. The van der Waals surface area contributed by atoms with Crippen molar-refractivity contribution < 1.29 is 25.8 Å². The molecule has 0 heterocycles. The summed E-state index contributed by atoms with van der Waals surface area (Å²) in [6, 6.07) is 15.2. The van der Waals surface area contributed by atoms with Crippen molar-refractivity contribution in [1.29, 1.82) is 0 Å². The van der Waals surface area contributed by atoms with Crippen LogP contribution in [-0.4, -0.2) is 19.3 Å². The first-order chi connectivity index (χ1) is 11.4. The van der Waals surface area contributed by atoms with Crippen LogP contribution < -0.4 is 4.74 Å². The van der Waals surface area contributed by atoms with E-state index in [0.29, 0.717) is 14.9 Å². The normalized spacial score (nSPS) is 11.1. The summed E-state index contributed by atoms with van der Waals surface area (Å²) in [7, 11) is 1.39. The maximum atomic E-state index is 12.5. The molecule has 3 nitrogen and oxygen atoms in total. The monoisotopic (exact) mass is 448 g/mol. The van der Waals surface area contributed by atoms with Crippen LogP contribution in [0, 0.1) is 13.4 Å². The topological polar surface area (TPSA) is 35.5 Å². The number of carbonyl (C=O) groups excluding carboxylic acids is 1. The molecule has 0 bridgehead atoms. The van der Waals surface area contributed by atoms with Crippen LogP contribution in [0.1, 0.15) is 5.56 Å². The number of benzene rings is 2. The molecule has 0 saturated carbocycles. The van der Waals surface area contributed by atoms with E-state index in [2.05, 4.69) is 9.85 Å². The molecule has 0 radical (unpaired) electrons. The van der Waals surface area contributed by atoms with Gasteiger partial charge in [0.1, 0.15) is 0 Å². The van der Waals surface area contributed by atoms with Gasteiger partial charge in [0.15, 0.2) is 0 Å². The Kier molecular flexibility index (Phi) is 6.09. The average Bonchev–Trinajstić information content (AvgIpc) is 2.58. The van der Waals surface area contributed by atoms with Crippen LogP contribution in [0.25, 0.3) is 0 Å². The van der Waals surface area contributed by atoms with Crippen molar-refractivity contribution in [3.8, 4) is 15.6 Å². The number of rotatable bonds is 3. The molecule has 0 aliphatic rings. The molecule has 2 rings (SSSR count). The van der Waals surface area contributed by atoms with Crippen LogP contribution in [-0.2, 0) is 7.86 Å². The summed E-state index contributed by atoms with van der Waals surface area (Å²) in [5.74, 6) is 0.883. The maximum absolute atomic E-state index is 12.5. The van der Waals surface area contributed by atoms with Crippen LogP contribution >= 0.6 is 20.2 Å². The number of alkyl halides is 3. The van der Waals surface area contributed by atoms with Crippen molar-refractivity contribution in [1.82, 2.24) is 0 Å². The fraction of sp³-hybridized carbons (Fsp3) is 0.118. The first kappa shape index (κ1) is 18.1. The van der Waals surface area contributed by atoms with Crippen LogP contribution in [0.15, 0.2) is 54.6 Å². The van der Waals surface area contributed by atoms with Gasteiger partial charge >= 0.3 is 145 Å². The van der Waals surface area contributed by atoms with Crippen LogP contribution in [0.4, 0.5) is 13.2 Å². The summed E-state index contributed by atoms with van der Waals surface area (Å²) in [5, 5.41) is 0. The quantitative estimate of drug-likeness (QED) is 0.516. The Morgan fingerprint density at radius 1 is 1.04 bits per heavy atom. The molecular weight excluding hydrogens is 436 g/mol. The van der Waals surface area contributed by atoms with E-state index in [1.54, 1.807) is 54.6 Å². The zero-order chi connectivity index (χ0) is 17.6. The SMILES string of the molecule is COc1ccccc1I(C#Cc1ccccc1)OC(=O)C(F)(F)F. The second kappa shape index (κ2) is 8.06. The summed E-state index contributed by atoms with van der Waals surface area (Å²) in [6.45, 7) is 0. The Hall–Kier alpha value is -2.21. The van der Waals surface area contributed by atoms with Crippen molar-refractivity contribution in [2.75, 3.05) is 7.11 Å². The number of hydrogen-bond donors (Lipinski definition) is 0. The van der Waals surface area contributed by atoms with Crippen LogP contribution in [0.5, 0.6) is 5.75 Å². The molecule has 0 atom stereocenters. The molecule has 2 aromatic rings. The molecule has 0 N–H and O–H groups in total. The molecule has 0 amide bonds. The van der Waals surface area contributed by atoms with Gasteiger partial charge in [-0.3, -0.25) is 0 Å². The van der Waals surface area contributed by atoms with Crippen LogP contribution in [0.3, 0.4) is 0 Å². The molecule has 0 aliphatic heterocycles. The van der Waals surface area contributed by atoms with E-state index < -0.39 is 32.4 Å². The molecule has 0 saturated heterocycles. The van der Waals surface area contributed by atoms with E-state index in [1.165, 1.54) is 7.11 Å². The first-order valence-electron chi connectivity index (χ1n) is 6.61. The van der Waals surface area contributed by atoms with E-state index in [4.69, 9.17) is 7.80 Å². The number of hydrogen-bond acceptors (Lipinski definition) is 3. The Bertz CT molecular complexity index is 764. The number of methoxy groups -OCH3 is 1. The molecule has 24 heavy (non-hydrogen) atoms. The number of carbonyl (C=O) groups is 1. The first-order valence-corrected chi connectivity index (χ1v) is 9.65. The second-order valence-corrected chi connectivity index (χ2v) is 7.89. The van der Waals surface area contributed by atoms with Crippen molar-refractivity contribution >= 4 is 26.2 Å². The van der Waals surface area contributed by atoms with E-state index in [0.717, 1.165) is 0 Å². The zero-order valence-corrected chi connectivity index (χ0v) is 14.6. The van der Waals surface area contributed by atoms with E-state index >= 15 is 0 Å². The van der Waals surface area contributed by atoms with Gasteiger partial charge in [0.05, 0.1) is 0 Å². The minimum absolute atomic E-state index is 0.347. The van der Waals surface area contributed by atoms with Crippen molar-refractivity contribution in [2.24, 2.45) is 0 Å². The minimum atomic E-state index is -5.06. The Balaban J connectivity index is 2.38. The average molecular weight is 448 g/mol. The van der Waals surface area contributed by atoms with E-state index in [9.17, 15) is 18.0 Å². The zero-order valence-electron chi connectivity index (χ0n) is 12.4. The third kappa shape index (κ3) is 4.89. The molecule has 7 heteroatoms. The van der Waals surface area contributed by atoms with Crippen molar-refractivity contribution in [2.45, 2.75) is 6.18 Å². The number of para-hydroxylation sites is 1. The predicted molar refractivity (Wildman–Crippen MR) is 91.2 cm³/mol. The van der Waals surface area contributed by atoms with Gasteiger partial charge in [-0.2, -0.15) is 0 Å². The second-order valence-electron chi connectivity index (χ2n) is 4.33. The summed E-state index contributed by atoms with van der Waals surface area (Å²) in [6.07, 6.45) is -5.06. The fourth-order valence-corrected chi connectivity index (χ4v) is 4.86. The molecule has 2 aromatic carbocycles. The fourth-order valence-electron chi connectivity index (χ4n) is 1.60. The molecular formula is C17H12F3IO3. The van der Waals surface area contributed by atoms with Gasteiger partial charge in [-0.15, -0.1) is 0 Å². The Labute approximate surface area is 144 Å². The van der Waals surface area contributed by atoms with Gasteiger partial charge in [0.25, 0.3) is 0 Å². The third-order valence-electron chi connectivity index (χ3n) is 2.67. The summed E-state index contributed by atoms with van der Waals surface area (Å²) >= 11 is -3.24. The van der Waals surface area contributed by atoms with Crippen molar-refractivity contribution in [3.63, 3.8) is 0 Å². The van der Waals surface area contributed by atoms with Gasteiger partial charge < -0.3 is 0 Å². The van der Waals surface area contributed by atoms with Gasteiger partial charge in [0, 0.05) is 0 Å². The van der Waals surface area contributed by atoms with E-state index in [1.807, 2.05) is 0 Å². The van der Waals surface area contributed by atoms with E-state index in [-0.39, 0.29) is 0 Å². The molecule has 0 fully saturated rings. The van der Waals surface area contributed by atoms with Gasteiger partial charge in [-0.1, -0.05) is 0 Å². The summed E-state index contributed by atoms with van der Waals surface area (Å²) in [5.41, 5.74) is 0.623. The van der Waals surface area contributed by atoms with Gasteiger partial charge in [0.2, 0.25) is 0 Å². The third-order valence-corrected chi connectivity index (χ3v) is 6.22. The standard InChI is InChI=1S/C17H12F3IO3/c1-23-15-10-6-5-9-14(15)21(24-16(22)17(18,19)20)12-11-13-7-3-2-4-8-13/h2-10H,1H3. The summed E-state index contributed by atoms with van der Waals surface area (Å²) in [4.78, 5) is 11.2. The molecule has 0 aromatic heterocycles. The van der Waals surface area contributed by atoms with Gasteiger partial charge in [-0.05, 0) is 0 Å². The number of halogens is 4. The molecule has 0 unspecified atom stereocenters. The van der Waals surface area contributed by atoms with Crippen molar-refractivity contribution in [3.05, 3.63) is 63.7 Å². The van der Waals surface area contributed by atoms with Crippen LogP contribution in [0.2, 0.25) is 0 Å².